The van der Waals surface area contributed by atoms with Gasteiger partial charge in [0.15, 0.2) is 0 Å². The lowest BCUT2D eigenvalue weighted by Crippen LogP contribution is -2.38. The summed E-state index contributed by atoms with van der Waals surface area (Å²) in [7, 11) is 1.69. The molecule has 1 unspecified atom stereocenters. The summed E-state index contributed by atoms with van der Waals surface area (Å²) < 4.78 is 13.4. The Morgan fingerprint density at radius 3 is 2.56 bits per heavy atom. The fourth-order valence-corrected chi connectivity index (χ4v) is 4.61. The van der Waals surface area contributed by atoms with Crippen molar-refractivity contribution in [1.82, 2.24) is 14.8 Å². The number of para-hydroxylation sites is 1. The second-order valence-corrected chi connectivity index (χ2v) is 8.49. The molecule has 1 saturated heterocycles. The number of amides is 1. The maximum atomic E-state index is 13.4. The Kier molecular flexibility index (Phi) is 7.12. The van der Waals surface area contributed by atoms with Gasteiger partial charge in [-0.15, -0.1) is 0 Å². The summed E-state index contributed by atoms with van der Waals surface area (Å²) >= 11 is 0. The van der Waals surface area contributed by atoms with Crippen molar-refractivity contribution in [3.63, 3.8) is 0 Å². The van der Waals surface area contributed by atoms with Crippen LogP contribution < -0.4 is 10.1 Å². The number of fused-ring (bicyclic) bond motifs is 1. The molecule has 1 N–H and O–H groups in total. The number of ether oxygens (including phenoxy) is 2. The first-order chi connectivity index (χ1) is 15.6. The third-order valence-electron chi connectivity index (χ3n) is 6.26. The smallest absolute Gasteiger partial charge is 0.253 e. The number of methoxy groups -OCH3 is 1. The highest BCUT2D eigenvalue weighted by atomic mass is 16.5. The second-order valence-electron chi connectivity index (χ2n) is 8.49. The summed E-state index contributed by atoms with van der Waals surface area (Å²) in [5.74, 6) is 0.762. The topological polar surface area (TPSA) is 55.7 Å². The van der Waals surface area contributed by atoms with Gasteiger partial charge in [-0.25, -0.2) is 0 Å². The van der Waals surface area contributed by atoms with Gasteiger partial charge in [0.25, 0.3) is 5.91 Å². The first kappa shape index (κ1) is 22.4. The van der Waals surface area contributed by atoms with Crippen LogP contribution in [0.4, 0.5) is 0 Å². The fourth-order valence-electron chi connectivity index (χ4n) is 4.61. The molecule has 0 bridgehead atoms. The van der Waals surface area contributed by atoms with Crippen molar-refractivity contribution < 1.29 is 14.3 Å². The van der Waals surface area contributed by atoms with Crippen LogP contribution in [0.3, 0.4) is 0 Å². The Hall–Kier alpha value is -2.83. The third kappa shape index (κ3) is 4.81. The van der Waals surface area contributed by atoms with Gasteiger partial charge in [0.05, 0.1) is 31.4 Å². The molecule has 1 aromatic heterocycles. The molecule has 1 amide bonds. The predicted molar refractivity (Wildman–Crippen MR) is 128 cm³/mol. The Balaban J connectivity index is 1.60. The fraction of sp³-hybridized carbons (Fsp3) is 0.423. The molecule has 2 aromatic carbocycles. The molecule has 0 spiro atoms. The van der Waals surface area contributed by atoms with Crippen LogP contribution >= 0.6 is 0 Å². The van der Waals surface area contributed by atoms with E-state index in [1.54, 1.807) is 7.11 Å². The van der Waals surface area contributed by atoms with Gasteiger partial charge in [-0.3, -0.25) is 9.69 Å². The van der Waals surface area contributed by atoms with Crippen molar-refractivity contribution in [3.05, 3.63) is 65.4 Å². The second kappa shape index (κ2) is 10.2. The van der Waals surface area contributed by atoms with Crippen LogP contribution in [-0.2, 0) is 17.7 Å². The number of benzene rings is 2. The van der Waals surface area contributed by atoms with Gasteiger partial charge in [-0.05, 0) is 31.9 Å². The summed E-state index contributed by atoms with van der Waals surface area (Å²) in [5.41, 5.74) is 3.91. The zero-order valence-corrected chi connectivity index (χ0v) is 19.3. The molecule has 0 aliphatic carbocycles. The summed E-state index contributed by atoms with van der Waals surface area (Å²) in [5, 5.41) is 4.15. The van der Waals surface area contributed by atoms with Crippen LogP contribution in [0.2, 0.25) is 0 Å². The maximum absolute atomic E-state index is 13.4. The normalized spacial score (nSPS) is 15.6. The monoisotopic (exact) mass is 435 g/mol. The quantitative estimate of drug-likeness (QED) is 0.587. The molecule has 2 heterocycles. The number of rotatable bonds is 8. The number of morpholine rings is 1. The average Bonchev–Trinajstić information content (AvgIpc) is 3.10. The van der Waals surface area contributed by atoms with E-state index in [1.807, 2.05) is 43.3 Å². The third-order valence-corrected chi connectivity index (χ3v) is 6.26. The number of carbonyl (C=O) groups is 1. The highest BCUT2D eigenvalue weighted by Gasteiger charge is 2.24. The summed E-state index contributed by atoms with van der Waals surface area (Å²) in [6.45, 7) is 9.25. The van der Waals surface area contributed by atoms with E-state index in [4.69, 9.17) is 9.47 Å². The van der Waals surface area contributed by atoms with Gasteiger partial charge >= 0.3 is 0 Å². The first-order valence-corrected chi connectivity index (χ1v) is 11.4. The highest BCUT2D eigenvalue weighted by Crippen LogP contribution is 2.33. The summed E-state index contributed by atoms with van der Waals surface area (Å²) in [4.78, 5) is 15.8. The molecule has 3 aromatic rings. The van der Waals surface area contributed by atoms with E-state index in [0.717, 1.165) is 73.7 Å². The molecule has 6 heteroatoms. The molecule has 1 fully saturated rings. The van der Waals surface area contributed by atoms with Gasteiger partial charge < -0.3 is 19.4 Å². The molecule has 4 rings (SSSR count). The maximum Gasteiger partial charge on any atom is 0.253 e. The molecule has 32 heavy (non-hydrogen) atoms. The summed E-state index contributed by atoms with van der Waals surface area (Å²) in [6, 6.07) is 16.2. The van der Waals surface area contributed by atoms with Crippen molar-refractivity contribution in [2.45, 2.75) is 32.9 Å². The van der Waals surface area contributed by atoms with Crippen LogP contribution in [-0.4, -0.2) is 61.4 Å². The van der Waals surface area contributed by atoms with Crippen molar-refractivity contribution in [3.8, 4) is 5.75 Å². The molecule has 170 valence electrons. The minimum atomic E-state index is -0.0330. The molecule has 1 atom stereocenters. The standard InChI is InChI=1S/C26H33N3O3/c1-19(18-21-8-5-4-6-9-21)27-26(30)24-20(2)29(13-12-28-14-16-32-17-15-28)25-22(24)10-7-11-23(25)31-3/h4-11,19H,12-18H2,1-3H3,(H,27,30). The number of hydrogen-bond acceptors (Lipinski definition) is 4. The van der Waals surface area contributed by atoms with E-state index in [0.29, 0.717) is 0 Å². The number of nitrogens with zero attached hydrogens (tertiary/aromatic N) is 2. The van der Waals surface area contributed by atoms with E-state index in [1.165, 1.54) is 5.56 Å². The zero-order chi connectivity index (χ0) is 22.5. The first-order valence-electron chi connectivity index (χ1n) is 11.4. The largest absolute Gasteiger partial charge is 0.495 e. The minimum Gasteiger partial charge on any atom is -0.495 e. The number of aromatic nitrogens is 1. The van der Waals surface area contributed by atoms with E-state index in [2.05, 4.69) is 33.8 Å². The van der Waals surface area contributed by atoms with Crippen LogP contribution in [0, 0.1) is 6.92 Å². The minimum absolute atomic E-state index is 0.0293. The summed E-state index contributed by atoms with van der Waals surface area (Å²) in [6.07, 6.45) is 0.796. The lowest BCUT2D eigenvalue weighted by atomic mass is 10.1. The highest BCUT2D eigenvalue weighted by molar-refractivity contribution is 6.09. The SMILES string of the molecule is COc1cccc2c(C(=O)NC(C)Cc3ccccc3)c(C)n(CCN3CCOCC3)c12. The van der Waals surface area contributed by atoms with Gasteiger partial charge in [0.1, 0.15) is 5.75 Å². The Morgan fingerprint density at radius 2 is 1.84 bits per heavy atom. The Bertz CT molecular complexity index is 1060. The Labute approximate surface area is 190 Å². The van der Waals surface area contributed by atoms with Crippen LogP contribution in [0.15, 0.2) is 48.5 Å². The molecule has 0 radical (unpaired) electrons. The average molecular weight is 436 g/mol. The molecular formula is C26H33N3O3. The van der Waals surface area contributed by atoms with Crippen LogP contribution in [0.25, 0.3) is 10.9 Å². The Morgan fingerprint density at radius 1 is 1.09 bits per heavy atom. The van der Waals surface area contributed by atoms with E-state index in [-0.39, 0.29) is 11.9 Å². The van der Waals surface area contributed by atoms with Gasteiger partial charge in [0.2, 0.25) is 0 Å². The van der Waals surface area contributed by atoms with Crippen LogP contribution in [0.1, 0.15) is 28.5 Å². The molecule has 0 saturated carbocycles. The van der Waals surface area contributed by atoms with Crippen molar-refractivity contribution in [2.24, 2.45) is 0 Å². The predicted octanol–water partition coefficient (Wildman–Crippen LogP) is 3.65. The molecular weight excluding hydrogens is 402 g/mol. The van der Waals surface area contributed by atoms with E-state index in [9.17, 15) is 4.79 Å². The number of nitrogens with one attached hydrogen (secondary N) is 1. The van der Waals surface area contributed by atoms with Gasteiger partial charge in [0, 0.05) is 43.3 Å². The van der Waals surface area contributed by atoms with Crippen LogP contribution in [0.5, 0.6) is 5.75 Å². The molecule has 1 aliphatic heterocycles. The molecule has 1 aliphatic rings. The van der Waals surface area contributed by atoms with E-state index < -0.39 is 0 Å². The van der Waals surface area contributed by atoms with Gasteiger partial charge in [-0.2, -0.15) is 0 Å². The zero-order valence-electron chi connectivity index (χ0n) is 19.3. The lowest BCUT2D eigenvalue weighted by Gasteiger charge is -2.27. The number of carbonyl (C=O) groups excluding carboxylic acids is 1. The van der Waals surface area contributed by atoms with Crippen molar-refractivity contribution in [1.29, 1.82) is 0 Å². The van der Waals surface area contributed by atoms with E-state index >= 15 is 0 Å². The molecule has 6 nitrogen and oxygen atoms in total. The van der Waals surface area contributed by atoms with Crippen molar-refractivity contribution >= 4 is 16.8 Å². The van der Waals surface area contributed by atoms with Gasteiger partial charge in [-0.1, -0.05) is 42.5 Å². The lowest BCUT2D eigenvalue weighted by molar-refractivity contribution is 0.0365. The van der Waals surface area contributed by atoms with Crippen molar-refractivity contribution in [2.75, 3.05) is 40.0 Å². The number of hydrogen-bond donors (Lipinski definition) is 1.